The second-order valence-corrected chi connectivity index (χ2v) is 4.72. The van der Waals surface area contributed by atoms with E-state index in [9.17, 15) is 0 Å². The lowest BCUT2D eigenvalue weighted by molar-refractivity contribution is 0.416. The summed E-state index contributed by atoms with van der Waals surface area (Å²) in [4.78, 5) is 4.37. The van der Waals surface area contributed by atoms with Gasteiger partial charge in [0.1, 0.15) is 15.8 Å². The predicted octanol–water partition coefficient (Wildman–Crippen LogP) is 3.67. The summed E-state index contributed by atoms with van der Waals surface area (Å²) in [5, 5.41) is 3.64. The third-order valence-corrected chi connectivity index (χ3v) is 3.67. The van der Waals surface area contributed by atoms with Gasteiger partial charge in [0.05, 0.1) is 12.7 Å². The summed E-state index contributed by atoms with van der Waals surface area (Å²) in [6.07, 6.45) is 1.01. The Bertz CT molecular complexity index is 494. The number of nitrogens with zero attached hydrogens (tertiary/aromatic N) is 1. The molecule has 0 fully saturated rings. The molecule has 1 aromatic heterocycles. The monoisotopic (exact) mass is 251 g/mol. The standard InChI is InChI=1S/C12H13NOS2/c1-3-8-4-5-10(14-2)9(6-8)12-13-11(15)7-16-12/h4-7,15H,3H2,1-2H3. The lowest BCUT2D eigenvalue weighted by Gasteiger charge is -2.07. The highest BCUT2D eigenvalue weighted by Crippen LogP contribution is 2.33. The molecule has 84 valence electrons. The SMILES string of the molecule is CCc1ccc(OC)c(-c2nc(S)cs2)c1. The molecular weight excluding hydrogens is 238 g/mol. The first-order valence-electron chi connectivity index (χ1n) is 5.06. The van der Waals surface area contributed by atoms with Crippen molar-refractivity contribution in [3.8, 4) is 16.3 Å². The first-order chi connectivity index (χ1) is 7.74. The average Bonchev–Trinajstić information content (AvgIpc) is 2.75. The number of methoxy groups -OCH3 is 1. The van der Waals surface area contributed by atoms with E-state index in [4.69, 9.17) is 4.74 Å². The zero-order valence-electron chi connectivity index (χ0n) is 9.23. The van der Waals surface area contributed by atoms with Crippen molar-refractivity contribution < 1.29 is 4.74 Å². The maximum Gasteiger partial charge on any atom is 0.129 e. The summed E-state index contributed by atoms with van der Waals surface area (Å²) < 4.78 is 5.35. The third kappa shape index (κ3) is 2.23. The largest absolute Gasteiger partial charge is 0.496 e. The van der Waals surface area contributed by atoms with Crippen LogP contribution in [0.5, 0.6) is 5.75 Å². The highest BCUT2D eigenvalue weighted by molar-refractivity contribution is 7.80. The Balaban J connectivity index is 2.52. The number of aromatic nitrogens is 1. The van der Waals surface area contributed by atoms with Crippen molar-refractivity contribution in [3.63, 3.8) is 0 Å². The van der Waals surface area contributed by atoms with Crippen molar-refractivity contribution in [2.24, 2.45) is 0 Å². The summed E-state index contributed by atoms with van der Waals surface area (Å²) in [5.41, 5.74) is 2.33. The zero-order valence-corrected chi connectivity index (χ0v) is 10.9. The van der Waals surface area contributed by atoms with Crippen LogP contribution in [0.2, 0.25) is 0 Å². The van der Waals surface area contributed by atoms with Crippen molar-refractivity contribution in [1.29, 1.82) is 0 Å². The summed E-state index contributed by atoms with van der Waals surface area (Å²) in [6, 6.07) is 6.20. The number of hydrogen-bond donors (Lipinski definition) is 1. The highest BCUT2D eigenvalue weighted by atomic mass is 32.1. The molecule has 2 aromatic rings. The van der Waals surface area contributed by atoms with Gasteiger partial charge in [0.2, 0.25) is 0 Å². The van der Waals surface area contributed by atoms with Crippen LogP contribution in [-0.2, 0) is 6.42 Å². The molecule has 0 bridgehead atoms. The smallest absolute Gasteiger partial charge is 0.129 e. The molecule has 0 aliphatic heterocycles. The van der Waals surface area contributed by atoms with Gasteiger partial charge in [-0.05, 0) is 24.1 Å². The second-order valence-electron chi connectivity index (χ2n) is 3.40. The molecule has 0 saturated heterocycles. The Morgan fingerprint density at radius 3 is 2.81 bits per heavy atom. The van der Waals surface area contributed by atoms with Crippen LogP contribution in [0.25, 0.3) is 10.6 Å². The number of benzene rings is 1. The lowest BCUT2D eigenvalue weighted by atomic mass is 10.1. The Hall–Kier alpha value is -1.00. The van der Waals surface area contributed by atoms with Gasteiger partial charge in [-0.1, -0.05) is 13.0 Å². The molecule has 2 nitrogen and oxygen atoms in total. The van der Waals surface area contributed by atoms with E-state index < -0.39 is 0 Å². The first kappa shape index (κ1) is 11.5. The molecule has 0 radical (unpaired) electrons. The predicted molar refractivity (Wildman–Crippen MR) is 70.7 cm³/mol. The van der Waals surface area contributed by atoms with Gasteiger partial charge in [-0.15, -0.1) is 24.0 Å². The Labute approximate surface area is 105 Å². The molecule has 0 spiro atoms. The zero-order chi connectivity index (χ0) is 11.5. The number of thiazole rings is 1. The average molecular weight is 251 g/mol. The number of thiol groups is 1. The Morgan fingerprint density at radius 1 is 1.44 bits per heavy atom. The van der Waals surface area contributed by atoms with Gasteiger partial charge in [-0.2, -0.15) is 0 Å². The summed E-state index contributed by atoms with van der Waals surface area (Å²) >= 11 is 5.81. The van der Waals surface area contributed by atoms with Gasteiger partial charge in [0.15, 0.2) is 0 Å². The van der Waals surface area contributed by atoms with Crippen LogP contribution < -0.4 is 4.74 Å². The summed E-state index contributed by atoms with van der Waals surface area (Å²) in [7, 11) is 1.68. The fourth-order valence-corrected chi connectivity index (χ4v) is 2.56. The first-order valence-corrected chi connectivity index (χ1v) is 6.39. The summed E-state index contributed by atoms with van der Waals surface area (Å²) in [6.45, 7) is 2.14. The van der Waals surface area contributed by atoms with Gasteiger partial charge in [0, 0.05) is 5.38 Å². The van der Waals surface area contributed by atoms with Crippen LogP contribution in [0.3, 0.4) is 0 Å². The van der Waals surface area contributed by atoms with Crippen LogP contribution in [0.1, 0.15) is 12.5 Å². The van der Waals surface area contributed by atoms with Crippen molar-refractivity contribution in [3.05, 3.63) is 29.1 Å². The van der Waals surface area contributed by atoms with E-state index in [-0.39, 0.29) is 0 Å². The summed E-state index contributed by atoms with van der Waals surface area (Å²) in [5.74, 6) is 0.861. The fraction of sp³-hybridized carbons (Fsp3) is 0.250. The molecule has 1 heterocycles. The molecule has 0 amide bonds. The van der Waals surface area contributed by atoms with Gasteiger partial charge in [-0.3, -0.25) is 0 Å². The van der Waals surface area contributed by atoms with Crippen LogP contribution in [0.4, 0.5) is 0 Å². The minimum absolute atomic E-state index is 0.754. The molecule has 2 rings (SSSR count). The minimum Gasteiger partial charge on any atom is -0.496 e. The molecule has 16 heavy (non-hydrogen) atoms. The van der Waals surface area contributed by atoms with Crippen LogP contribution in [-0.4, -0.2) is 12.1 Å². The van der Waals surface area contributed by atoms with Crippen LogP contribution in [0.15, 0.2) is 28.6 Å². The number of ether oxygens (including phenoxy) is 1. The Morgan fingerprint density at radius 2 is 2.25 bits per heavy atom. The second kappa shape index (κ2) is 4.89. The van der Waals surface area contributed by atoms with Crippen molar-refractivity contribution >= 4 is 24.0 Å². The maximum absolute atomic E-state index is 5.35. The maximum atomic E-state index is 5.35. The molecule has 0 N–H and O–H groups in total. The molecule has 0 unspecified atom stereocenters. The van der Waals surface area contributed by atoms with Gasteiger partial charge in [0.25, 0.3) is 0 Å². The topological polar surface area (TPSA) is 22.1 Å². The number of hydrogen-bond acceptors (Lipinski definition) is 4. The molecule has 0 atom stereocenters. The molecule has 1 aromatic carbocycles. The van der Waals surface area contributed by atoms with Crippen LogP contribution >= 0.6 is 24.0 Å². The fourth-order valence-electron chi connectivity index (χ4n) is 1.53. The van der Waals surface area contributed by atoms with Crippen molar-refractivity contribution in [2.45, 2.75) is 18.4 Å². The van der Waals surface area contributed by atoms with Crippen molar-refractivity contribution in [1.82, 2.24) is 4.98 Å². The van der Waals surface area contributed by atoms with E-state index in [0.29, 0.717) is 0 Å². The van der Waals surface area contributed by atoms with Gasteiger partial charge in [-0.25, -0.2) is 4.98 Å². The van der Waals surface area contributed by atoms with Crippen molar-refractivity contribution in [2.75, 3.05) is 7.11 Å². The van der Waals surface area contributed by atoms with E-state index in [1.54, 1.807) is 18.4 Å². The Kier molecular flexibility index (Phi) is 3.51. The third-order valence-electron chi connectivity index (χ3n) is 2.39. The number of aryl methyl sites for hydroxylation is 1. The van der Waals surface area contributed by atoms with E-state index in [2.05, 4.69) is 36.7 Å². The lowest BCUT2D eigenvalue weighted by Crippen LogP contribution is -1.90. The van der Waals surface area contributed by atoms with E-state index in [1.165, 1.54) is 5.56 Å². The van der Waals surface area contributed by atoms with Crippen LogP contribution in [0, 0.1) is 0 Å². The highest BCUT2D eigenvalue weighted by Gasteiger charge is 2.10. The molecule has 0 aliphatic carbocycles. The molecular formula is C12H13NOS2. The van der Waals surface area contributed by atoms with E-state index in [1.807, 2.05) is 11.4 Å². The quantitative estimate of drug-likeness (QED) is 0.841. The minimum atomic E-state index is 0.754. The van der Waals surface area contributed by atoms with Gasteiger partial charge >= 0.3 is 0 Å². The van der Waals surface area contributed by atoms with Gasteiger partial charge < -0.3 is 4.74 Å². The number of rotatable bonds is 3. The van der Waals surface area contributed by atoms with E-state index in [0.717, 1.165) is 27.8 Å². The normalized spacial score (nSPS) is 10.4. The molecule has 0 saturated carbocycles. The molecule has 0 aliphatic rings. The van der Waals surface area contributed by atoms with E-state index >= 15 is 0 Å². The molecule has 4 heteroatoms.